The van der Waals surface area contributed by atoms with Gasteiger partial charge < -0.3 is 5.32 Å². The Balaban J connectivity index is 2.57. The highest BCUT2D eigenvalue weighted by molar-refractivity contribution is 6.30. The van der Waals surface area contributed by atoms with Gasteiger partial charge in [-0.2, -0.15) is 0 Å². The zero-order valence-corrected chi connectivity index (χ0v) is 9.85. The molecule has 1 unspecified atom stereocenters. The van der Waals surface area contributed by atoms with Crippen LogP contribution < -0.4 is 5.32 Å². The molecule has 0 radical (unpaired) electrons. The molecule has 1 amide bonds. The van der Waals surface area contributed by atoms with Crippen molar-refractivity contribution >= 4 is 29.1 Å². The van der Waals surface area contributed by atoms with Crippen LogP contribution in [0.25, 0.3) is 0 Å². The number of hydrogen-bond donors (Lipinski definition) is 1. The zero-order chi connectivity index (χ0) is 11.3. The van der Waals surface area contributed by atoms with Gasteiger partial charge in [-0.25, -0.2) is 4.98 Å². The first-order valence-electron chi connectivity index (χ1n) is 4.62. The summed E-state index contributed by atoms with van der Waals surface area (Å²) >= 11 is 11.2. The molecule has 1 heterocycles. The molecule has 0 bridgehead atoms. The quantitative estimate of drug-likeness (QED) is 0.830. The third kappa shape index (κ3) is 4.06. The molecule has 1 rings (SSSR count). The molecule has 82 valence electrons. The molecular formula is C10H12Cl2N2O. The smallest absolute Gasteiger partial charge is 0.270 e. The van der Waals surface area contributed by atoms with Gasteiger partial charge in [0.15, 0.2) is 0 Å². The second-order valence-corrected chi connectivity index (χ2v) is 4.03. The summed E-state index contributed by atoms with van der Waals surface area (Å²) in [5, 5.41) is 3.30. The number of rotatable bonds is 4. The van der Waals surface area contributed by atoms with Crippen molar-refractivity contribution in [2.24, 2.45) is 0 Å². The SMILES string of the molecule is CC(CCCl)NC(=O)c1ccc(Cl)cn1. The average molecular weight is 247 g/mol. The molecule has 5 heteroatoms. The van der Waals surface area contributed by atoms with Crippen LogP contribution in [0.2, 0.25) is 5.02 Å². The van der Waals surface area contributed by atoms with E-state index >= 15 is 0 Å². The highest BCUT2D eigenvalue weighted by Gasteiger charge is 2.09. The minimum atomic E-state index is -0.204. The lowest BCUT2D eigenvalue weighted by Crippen LogP contribution is -2.33. The van der Waals surface area contributed by atoms with Crippen LogP contribution in [0.3, 0.4) is 0 Å². The van der Waals surface area contributed by atoms with Crippen LogP contribution in [-0.4, -0.2) is 22.8 Å². The van der Waals surface area contributed by atoms with Crippen LogP contribution in [0.15, 0.2) is 18.3 Å². The molecule has 15 heavy (non-hydrogen) atoms. The van der Waals surface area contributed by atoms with E-state index < -0.39 is 0 Å². The highest BCUT2D eigenvalue weighted by atomic mass is 35.5. The molecule has 0 aliphatic heterocycles. The number of pyridine rings is 1. The van der Waals surface area contributed by atoms with Crippen molar-refractivity contribution in [3.05, 3.63) is 29.0 Å². The number of halogens is 2. The van der Waals surface area contributed by atoms with Crippen molar-refractivity contribution in [2.45, 2.75) is 19.4 Å². The molecule has 1 aromatic rings. The second kappa shape index (κ2) is 5.93. The normalized spacial score (nSPS) is 12.2. The van der Waals surface area contributed by atoms with E-state index in [2.05, 4.69) is 10.3 Å². The molecule has 1 N–H and O–H groups in total. The van der Waals surface area contributed by atoms with E-state index in [0.29, 0.717) is 16.6 Å². The fraction of sp³-hybridized carbons (Fsp3) is 0.400. The summed E-state index contributed by atoms with van der Waals surface area (Å²) in [6.45, 7) is 1.90. The van der Waals surface area contributed by atoms with Gasteiger partial charge in [0.2, 0.25) is 0 Å². The van der Waals surface area contributed by atoms with E-state index in [4.69, 9.17) is 23.2 Å². The summed E-state index contributed by atoms with van der Waals surface area (Å²) in [4.78, 5) is 15.5. The van der Waals surface area contributed by atoms with E-state index in [1.165, 1.54) is 6.20 Å². The Labute approximate surface area is 98.8 Å². The molecule has 3 nitrogen and oxygen atoms in total. The van der Waals surface area contributed by atoms with E-state index in [1.54, 1.807) is 12.1 Å². The Morgan fingerprint density at radius 1 is 1.60 bits per heavy atom. The van der Waals surface area contributed by atoms with Gasteiger partial charge in [0.25, 0.3) is 5.91 Å². The molecule has 0 saturated heterocycles. The number of aromatic nitrogens is 1. The first kappa shape index (κ1) is 12.3. The number of hydrogen-bond acceptors (Lipinski definition) is 2. The number of amides is 1. The predicted molar refractivity (Wildman–Crippen MR) is 61.5 cm³/mol. The van der Waals surface area contributed by atoms with Crippen LogP contribution >= 0.6 is 23.2 Å². The fourth-order valence-corrected chi connectivity index (χ4v) is 1.48. The van der Waals surface area contributed by atoms with Crippen molar-refractivity contribution in [2.75, 3.05) is 5.88 Å². The minimum absolute atomic E-state index is 0.0486. The van der Waals surface area contributed by atoms with Crippen molar-refractivity contribution in [1.29, 1.82) is 0 Å². The Morgan fingerprint density at radius 2 is 2.33 bits per heavy atom. The maximum Gasteiger partial charge on any atom is 0.270 e. The number of nitrogens with one attached hydrogen (secondary N) is 1. The number of alkyl halides is 1. The molecule has 0 aromatic carbocycles. The van der Waals surface area contributed by atoms with Gasteiger partial charge in [0.1, 0.15) is 5.69 Å². The molecule has 0 spiro atoms. The average Bonchev–Trinajstić information content (AvgIpc) is 2.18. The summed E-state index contributed by atoms with van der Waals surface area (Å²) in [6.07, 6.45) is 2.18. The van der Waals surface area contributed by atoms with Crippen molar-refractivity contribution in [3.63, 3.8) is 0 Å². The largest absolute Gasteiger partial charge is 0.348 e. The lowest BCUT2D eigenvalue weighted by atomic mass is 10.2. The van der Waals surface area contributed by atoms with E-state index in [9.17, 15) is 4.79 Å². The van der Waals surface area contributed by atoms with Crippen LogP contribution in [0, 0.1) is 0 Å². The van der Waals surface area contributed by atoms with Crippen LogP contribution in [0.4, 0.5) is 0 Å². The van der Waals surface area contributed by atoms with E-state index in [1.807, 2.05) is 6.92 Å². The maximum absolute atomic E-state index is 11.6. The minimum Gasteiger partial charge on any atom is -0.348 e. The van der Waals surface area contributed by atoms with Crippen molar-refractivity contribution in [1.82, 2.24) is 10.3 Å². The first-order valence-corrected chi connectivity index (χ1v) is 5.53. The topological polar surface area (TPSA) is 42.0 Å². The Kier molecular flexibility index (Phi) is 4.85. The number of nitrogens with zero attached hydrogens (tertiary/aromatic N) is 1. The van der Waals surface area contributed by atoms with Gasteiger partial charge in [0, 0.05) is 18.1 Å². The fourth-order valence-electron chi connectivity index (χ4n) is 1.04. The van der Waals surface area contributed by atoms with Crippen molar-refractivity contribution in [3.8, 4) is 0 Å². The van der Waals surface area contributed by atoms with Gasteiger partial charge in [0.05, 0.1) is 5.02 Å². The molecule has 0 aliphatic carbocycles. The number of carbonyl (C=O) groups is 1. The summed E-state index contributed by atoms with van der Waals surface area (Å²) in [5.74, 6) is 0.319. The molecule has 0 fully saturated rings. The molecule has 1 aromatic heterocycles. The monoisotopic (exact) mass is 246 g/mol. The van der Waals surface area contributed by atoms with E-state index in [0.717, 1.165) is 6.42 Å². The number of carbonyl (C=O) groups excluding carboxylic acids is 1. The zero-order valence-electron chi connectivity index (χ0n) is 8.34. The summed E-state index contributed by atoms with van der Waals surface area (Å²) in [7, 11) is 0. The molecular weight excluding hydrogens is 235 g/mol. The van der Waals surface area contributed by atoms with Gasteiger partial charge in [-0.05, 0) is 25.5 Å². The lowest BCUT2D eigenvalue weighted by Gasteiger charge is -2.11. The van der Waals surface area contributed by atoms with Gasteiger partial charge in [-0.3, -0.25) is 4.79 Å². The van der Waals surface area contributed by atoms with Crippen LogP contribution in [0.5, 0.6) is 0 Å². The summed E-state index contributed by atoms with van der Waals surface area (Å²) in [6, 6.07) is 3.27. The van der Waals surface area contributed by atoms with E-state index in [-0.39, 0.29) is 11.9 Å². The van der Waals surface area contributed by atoms with Gasteiger partial charge in [-0.1, -0.05) is 11.6 Å². The van der Waals surface area contributed by atoms with Gasteiger partial charge >= 0.3 is 0 Å². The van der Waals surface area contributed by atoms with Crippen LogP contribution in [0.1, 0.15) is 23.8 Å². The maximum atomic E-state index is 11.6. The third-order valence-electron chi connectivity index (χ3n) is 1.88. The molecule has 0 saturated carbocycles. The summed E-state index contributed by atoms with van der Waals surface area (Å²) < 4.78 is 0. The molecule has 0 aliphatic rings. The third-order valence-corrected chi connectivity index (χ3v) is 2.32. The first-order chi connectivity index (χ1) is 7.13. The second-order valence-electron chi connectivity index (χ2n) is 3.21. The van der Waals surface area contributed by atoms with Gasteiger partial charge in [-0.15, -0.1) is 11.6 Å². The Morgan fingerprint density at radius 3 is 2.87 bits per heavy atom. The van der Waals surface area contributed by atoms with Crippen LogP contribution in [-0.2, 0) is 0 Å². The molecule has 1 atom stereocenters. The van der Waals surface area contributed by atoms with Crippen molar-refractivity contribution < 1.29 is 4.79 Å². The highest BCUT2D eigenvalue weighted by Crippen LogP contribution is 2.06. The Hall–Kier alpha value is -0.800. The standard InChI is InChI=1S/C10H12Cl2N2O/c1-7(4-5-11)14-10(15)9-3-2-8(12)6-13-9/h2-3,6-7H,4-5H2,1H3,(H,14,15). The predicted octanol–water partition coefficient (Wildman–Crippen LogP) is 2.48. The lowest BCUT2D eigenvalue weighted by molar-refractivity contribution is 0.0934. The Bertz CT molecular complexity index is 327. The summed E-state index contributed by atoms with van der Waals surface area (Å²) in [5.41, 5.74) is 0.362.